The van der Waals surface area contributed by atoms with Crippen LogP contribution in [0.2, 0.25) is 0 Å². The summed E-state index contributed by atoms with van der Waals surface area (Å²) >= 11 is 0. The molecule has 0 rings (SSSR count). The Hall–Kier alpha value is -1.44. The summed E-state index contributed by atoms with van der Waals surface area (Å²) in [5.74, 6) is -5.31. The van der Waals surface area contributed by atoms with E-state index in [1.165, 1.54) is 13.8 Å². The molecule has 2 amide bonds. The number of nitrogens with one attached hydrogen (secondary N) is 2. The average Bonchev–Trinajstić information content (AvgIpc) is 2.36. The first kappa shape index (κ1) is 20.6. The zero-order valence-electron chi connectivity index (χ0n) is 12.9. The molecule has 128 valence electrons. The SMILES string of the molecule is CCC[C@H](N)C(=O)NC(CC(=O)O)P(=O)(O)C(C)NC(C)=O. The summed E-state index contributed by atoms with van der Waals surface area (Å²) in [6, 6.07) is -0.891. The van der Waals surface area contributed by atoms with Crippen molar-refractivity contribution < 1.29 is 28.9 Å². The van der Waals surface area contributed by atoms with E-state index >= 15 is 0 Å². The topological polar surface area (TPSA) is 159 Å². The number of rotatable bonds is 9. The normalized spacial score (nSPS) is 17.7. The second-order valence-electron chi connectivity index (χ2n) is 5.07. The molecular weight excluding hydrogens is 313 g/mol. The minimum Gasteiger partial charge on any atom is -0.481 e. The highest BCUT2D eigenvalue weighted by Gasteiger charge is 2.40. The van der Waals surface area contributed by atoms with E-state index in [0.717, 1.165) is 0 Å². The van der Waals surface area contributed by atoms with Gasteiger partial charge in [-0.1, -0.05) is 13.3 Å². The number of carbonyl (C=O) groups is 3. The fourth-order valence-electron chi connectivity index (χ4n) is 1.81. The number of carboxylic acids is 1. The van der Waals surface area contributed by atoms with Crippen molar-refractivity contribution in [3.05, 3.63) is 0 Å². The summed E-state index contributed by atoms with van der Waals surface area (Å²) in [6.07, 6.45) is 0.252. The van der Waals surface area contributed by atoms with Crippen LogP contribution in [0.1, 0.15) is 40.0 Å². The third-order valence-corrected chi connectivity index (χ3v) is 5.47. The lowest BCUT2D eigenvalue weighted by Crippen LogP contribution is -2.48. The smallest absolute Gasteiger partial charge is 0.306 e. The molecule has 9 nitrogen and oxygen atoms in total. The zero-order chi connectivity index (χ0) is 17.5. The van der Waals surface area contributed by atoms with E-state index in [0.29, 0.717) is 12.8 Å². The maximum atomic E-state index is 12.4. The van der Waals surface area contributed by atoms with E-state index < -0.39 is 49.2 Å². The van der Waals surface area contributed by atoms with Crippen LogP contribution in [0.15, 0.2) is 0 Å². The molecule has 0 aliphatic carbocycles. The van der Waals surface area contributed by atoms with Crippen molar-refractivity contribution >= 4 is 25.2 Å². The Labute approximate surface area is 129 Å². The molecule has 0 aromatic carbocycles. The summed E-state index contributed by atoms with van der Waals surface area (Å²) in [6.45, 7) is 4.26. The first-order valence-corrected chi connectivity index (χ1v) is 8.69. The lowest BCUT2D eigenvalue weighted by atomic mass is 10.1. The van der Waals surface area contributed by atoms with Crippen molar-refractivity contribution in [3.63, 3.8) is 0 Å². The second-order valence-corrected chi connectivity index (χ2v) is 7.81. The highest BCUT2D eigenvalue weighted by molar-refractivity contribution is 7.59. The molecular formula is C12H24N3O6P. The third kappa shape index (κ3) is 6.55. The quantitative estimate of drug-likeness (QED) is 0.364. The lowest BCUT2D eigenvalue weighted by Gasteiger charge is -2.28. The molecule has 0 spiro atoms. The second kappa shape index (κ2) is 8.87. The van der Waals surface area contributed by atoms with Gasteiger partial charge in [-0.05, 0) is 13.3 Å². The van der Waals surface area contributed by atoms with Crippen molar-refractivity contribution in [2.45, 2.75) is 57.6 Å². The van der Waals surface area contributed by atoms with E-state index in [1.54, 1.807) is 0 Å². The molecule has 22 heavy (non-hydrogen) atoms. The van der Waals surface area contributed by atoms with Crippen LogP contribution in [0, 0.1) is 0 Å². The van der Waals surface area contributed by atoms with E-state index in [2.05, 4.69) is 10.6 Å². The fourth-order valence-corrected chi connectivity index (χ4v) is 3.45. The van der Waals surface area contributed by atoms with Crippen LogP contribution in [0.4, 0.5) is 0 Å². The molecule has 0 fully saturated rings. The Morgan fingerprint density at radius 3 is 2.23 bits per heavy atom. The molecule has 0 heterocycles. The number of hydrogen-bond donors (Lipinski definition) is 5. The zero-order valence-corrected chi connectivity index (χ0v) is 13.8. The minimum absolute atomic E-state index is 0.364. The summed E-state index contributed by atoms with van der Waals surface area (Å²) in [4.78, 5) is 43.9. The monoisotopic (exact) mass is 337 g/mol. The number of carboxylic acid groups (broad SMARTS) is 1. The van der Waals surface area contributed by atoms with Gasteiger partial charge in [-0.15, -0.1) is 0 Å². The molecule has 0 bridgehead atoms. The highest BCUT2D eigenvalue weighted by Crippen LogP contribution is 2.50. The van der Waals surface area contributed by atoms with Gasteiger partial charge in [-0.2, -0.15) is 0 Å². The molecule has 6 N–H and O–H groups in total. The number of nitrogens with two attached hydrogens (primary N) is 1. The van der Waals surface area contributed by atoms with Gasteiger partial charge >= 0.3 is 5.97 Å². The van der Waals surface area contributed by atoms with Crippen LogP contribution >= 0.6 is 7.37 Å². The van der Waals surface area contributed by atoms with Gasteiger partial charge in [0.15, 0.2) is 0 Å². The van der Waals surface area contributed by atoms with Crippen molar-refractivity contribution in [1.82, 2.24) is 10.6 Å². The van der Waals surface area contributed by atoms with Gasteiger partial charge in [0.05, 0.1) is 12.5 Å². The molecule has 4 atom stereocenters. The summed E-state index contributed by atoms with van der Waals surface area (Å²) in [5, 5.41) is 13.3. The fraction of sp³-hybridized carbons (Fsp3) is 0.750. The first-order chi connectivity index (χ1) is 10.0. The first-order valence-electron chi connectivity index (χ1n) is 6.89. The molecule has 0 saturated heterocycles. The number of hydrogen-bond acceptors (Lipinski definition) is 5. The molecule has 0 aromatic heterocycles. The standard InChI is InChI=1S/C12H24N3O6P/c1-4-5-9(13)12(19)15-10(6-11(17)18)22(20,21)8(3)14-7(2)16/h8-10H,4-6,13H2,1-3H3,(H,14,16)(H,15,19)(H,17,18)(H,20,21)/t8?,9-,10?/m0/s1. The van der Waals surface area contributed by atoms with Crippen molar-refractivity contribution in [3.8, 4) is 0 Å². The third-order valence-electron chi connectivity index (χ3n) is 3.03. The van der Waals surface area contributed by atoms with E-state index in [-0.39, 0.29) is 0 Å². The summed E-state index contributed by atoms with van der Waals surface area (Å²) in [5.41, 5.74) is 5.61. The lowest BCUT2D eigenvalue weighted by molar-refractivity contribution is -0.137. The van der Waals surface area contributed by atoms with Crippen LogP contribution < -0.4 is 16.4 Å². The Bertz CT molecular complexity index is 470. The van der Waals surface area contributed by atoms with Gasteiger partial charge < -0.3 is 26.4 Å². The van der Waals surface area contributed by atoms with Crippen molar-refractivity contribution in [2.75, 3.05) is 0 Å². The van der Waals surface area contributed by atoms with Crippen molar-refractivity contribution in [2.24, 2.45) is 5.73 Å². The minimum atomic E-state index is -4.21. The Morgan fingerprint density at radius 1 is 1.27 bits per heavy atom. The van der Waals surface area contributed by atoms with Gasteiger partial charge in [0, 0.05) is 6.92 Å². The maximum Gasteiger partial charge on any atom is 0.306 e. The van der Waals surface area contributed by atoms with E-state index in [9.17, 15) is 23.8 Å². The molecule has 0 radical (unpaired) electrons. The number of amides is 2. The van der Waals surface area contributed by atoms with Crippen LogP contribution in [-0.4, -0.2) is 45.4 Å². The molecule has 3 unspecified atom stereocenters. The number of carbonyl (C=O) groups excluding carboxylic acids is 2. The van der Waals surface area contributed by atoms with Crippen LogP contribution in [0.5, 0.6) is 0 Å². The van der Waals surface area contributed by atoms with Crippen LogP contribution in [0.25, 0.3) is 0 Å². The Morgan fingerprint density at radius 2 is 1.82 bits per heavy atom. The van der Waals surface area contributed by atoms with Gasteiger partial charge in [0.25, 0.3) is 0 Å². The largest absolute Gasteiger partial charge is 0.481 e. The van der Waals surface area contributed by atoms with Gasteiger partial charge in [0.2, 0.25) is 19.2 Å². The van der Waals surface area contributed by atoms with E-state index in [1.807, 2.05) is 6.92 Å². The van der Waals surface area contributed by atoms with Gasteiger partial charge in [-0.3, -0.25) is 18.9 Å². The predicted molar refractivity (Wildman–Crippen MR) is 80.2 cm³/mol. The Kier molecular flexibility index (Phi) is 8.29. The predicted octanol–water partition coefficient (Wildman–Crippen LogP) is -0.217. The van der Waals surface area contributed by atoms with Crippen molar-refractivity contribution in [1.29, 1.82) is 0 Å². The highest BCUT2D eigenvalue weighted by atomic mass is 31.2. The van der Waals surface area contributed by atoms with Crippen LogP contribution in [-0.2, 0) is 18.9 Å². The average molecular weight is 337 g/mol. The maximum absolute atomic E-state index is 12.4. The summed E-state index contributed by atoms with van der Waals surface area (Å²) in [7, 11) is -4.21. The van der Waals surface area contributed by atoms with E-state index in [4.69, 9.17) is 10.8 Å². The molecule has 10 heteroatoms. The number of aliphatic carboxylic acids is 1. The van der Waals surface area contributed by atoms with Gasteiger partial charge in [0.1, 0.15) is 11.6 Å². The molecule has 0 aliphatic heterocycles. The molecule has 0 aromatic rings. The summed E-state index contributed by atoms with van der Waals surface area (Å²) < 4.78 is 12.4. The van der Waals surface area contributed by atoms with Gasteiger partial charge in [-0.25, -0.2) is 0 Å². The molecule has 0 aliphatic rings. The van der Waals surface area contributed by atoms with Crippen LogP contribution in [0.3, 0.4) is 0 Å². The molecule has 0 saturated carbocycles. The Balaban J connectivity index is 5.18.